The largest absolute Gasteiger partial charge is 0.463 e. The molecule has 4 rings (SSSR count). The first-order valence-electron chi connectivity index (χ1n) is 45.4. The van der Waals surface area contributed by atoms with Crippen molar-refractivity contribution in [2.45, 2.75) is 388 Å². The monoisotopic (exact) mass is 1600 g/mol. The van der Waals surface area contributed by atoms with Gasteiger partial charge in [0.1, 0.15) is 18.2 Å². The van der Waals surface area contributed by atoms with Gasteiger partial charge < -0.3 is 63.3 Å². The summed E-state index contributed by atoms with van der Waals surface area (Å²) in [6.07, 6.45) is 38.2. The Bertz CT molecular complexity index is 2570. The molecule has 0 aromatic heterocycles. The van der Waals surface area contributed by atoms with Crippen molar-refractivity contribution in [3.63, 3.8) is 0 Å². The average Bonchev–Trinajstić information content (AvgIpc) is 0.819. The molecule has 3 heterocycles. The molecule has 6 unspecified atom stereocenters. The van der Waals surface area contributed by atoms with Crippen molar-refractivity contribution in [2.75, 3.05) is 79.2 Å². The number of nitrogens with one attached hydrogen (secondary N) is 4. The van der Waals surface area contributed by atoms with E-state index in [0.29, 0.717) is 62.5 Å². The fourth-order valence-electron chi connectivity index (χ4n) is 16.2. The molecule has 3 fully saturated rings. The fraction of sp³-hybridized carbons (Fsp3) is 0.859. The summed E-state index contributed by atoms with van der Waals surface area (Å²) in [5.41, 5.74) is -0.472. The highest BCUT2D eigenvalue weighted by atomic mass is 16.7. The molecule has 0 saturated carbocycles. The van der Waals surface area contributed by atoms with Crippen LogP contribution in [-0.2, 0) is 76.1 Å². The predicted molar refractivity (Wildman–Crippen MR) is 448 cm³/mol. The third-order valence-corrected chi connectivity index (χ3v) is 24.5. The van der Waals surface area contributed by atoms with Gasteiger partial charge in [0.2, 0.25) is 17.7 Å². The molecule has 3 saturated heterocycles. The highest BCUT2D eigenvalue weighted by molar-refractivity contribution is 5.97. The number of hydrogen-bond acceptors (Lipinski definition) is 18. The number of Topliss-reactive ketones (excluding diaryl/α,β-unsaturated/α-hetero) is 3. The Kier molecular flexibility index (Phi) is 55.4. The number of hydrogen-bond donors (Lipinski definition) is 4. The van der Waals surface area contributed by atoms with E-state index in [2.05, 4.69) is 83.6 Å². The Morgan fingerprint density at radius 1 is 0.381 bits per heavy atom. The van der Waals surface area contributed by atoms with E-state index in [-0.39, 0.29) is 173 Å². The topological polar surface area (TPSA) is 260 Å². The maximum Gasteiger partial charge on any atom is 0.302 e. The molecule has 15 atom stereocenters. The first-order chi connectivity index (χ1) is 54.6. The highest BCUT2D eigenvalue weighted by Gasteiger charge is 2.44. The van der Waals surface area contributed by atoms with Gasteiger partial charge in [0.25, 0.3) is 0 Å². The molecule has 0 aliphatic carbocycles. The van der Waals surface area contributed by atoms with E-state index in [9.17, 15) is 33.6 Å². The van der Waals surface area contributed by atoms with Crippen molar-refractivity contribution in [3.8, 4) is 0 Å². The molecule has 3 aliphatic rings. The summed E-state index contributed by atoms with van der Waals surface area (Å²) in [7, 11) is 0. The number of carbonyl (C=O) groups is 7. The molecule has 0 spiro atoms. The second-order valence-electron chi connectivity index (χ2n) is 33.9. The van der Waals surface area contributed by atoms with E-state index in [4.69, 9.17) is 47.4 Å². The van der Waals surface area contributed by atoms with Gasteiger partial charge in [-0.2, -0.15) is 0 Å². The molecular formula is C92H162N4O17. The number of amides is 3. The minimum absolute atomic E-state index is 0.0291. The van der Waals surface area contributed by atoms with Crippen LogP contribution in [0.4, 0.5) is 0 Å². The lowest BCUT2D eigenvalue weighted by Gasteiger charge is -2.44. The molecule has 1 aromatic carbocycles. The standard InChI is InChI=1S/C92H162N4O17/c1-13-83-71(5)73(7)87(95-76(10)97)90(111-83)108-59-48-39-33-26-20-15-17-23-29-35-44-52-80(100)54-61-104-66-92(94-64-82(102)79-50-42-41-43-51-79,67-105-62-55-81(101)53-45-36-30-24-18-16-21-27-34-40-49-60-109-91-88(96-77(11)98)74(8)72(6)84(14-2)112-91)68-106-63-56-86(103)93-57-46-37-31-25-19-22-28-32-38-47-58-107-89-75(9)69(3)70(4)85(113-89)65-110-78(12)99/h41-43,50-51,69-75,83-85,87-91,94H,13-40,44-49,52-68H2,1-12H3,(H,93,103)(H,95,97)(H,96,98)/t69-,70+,71+,72+,73-,74-,75?,83?,84?,85?,87?,88?,89+,90+,91+,92?/m0/s1. The van der Waals surface area contributed by atoms with Crippen molar-refractivity contribution in [1.82, 2.24) is 21.3 Å². The maximum atomic E-state index is 13.7. The van der Waals surface area contributed by atoms with Crippen LogP contribution in [0, 0.1) is 41.4 Å². The molecule has 0 radical (unpaired) electrons. The van der Waals surface area contributed by atoms with Crippen molar-refractivity contribution in [1.29, 1.82) is 0 Å². The van der Waals surface area contributed by atoms with E-state index >= 15 is 0 Å². The van der Waals surface area contributed by atoms with Crippen molar-refractivity contribution < 1.29 is 80.9 Å². The number of carbonyl (C=O) groups excluding carboxylic acids is 7. The van der Waals surface area contributed by atoms with Crippen molar-refractivity contribution in [2.24, 2.45) is 41.4 Å². The van der Waals surface area contributed by atoms with Crippen LogP contribution in [0.15, 0.2) is 30.3 Å². The number of ether oxygens (including phenoxy) is 10. The Morgan fingerprint density at radius 2 is 0.735 bits per heavy atom. The molecule has 0 bridgehead atoms. The fourth-order valence-corrected chi connectivity index (χ4v) is 16.2. The lowest BCUT2D eigenvalue weighted by molar-refractivity contribution is -0.255. The molecule has 1 aromatic rings. The van der Waals surface area contributed by atoms with Gasteiger partial charge in [0, 0.05) is 90.7 Å². The molecule has 21 heteroatoms. The summed E-state index contributed by atoms with van der Waals surface area (Å²) in [6, 6.07) is 8.83. The molecular weight excluding hydrogens is 1430 g/mol. The molecule has 113 heavy (non-hydrogen) atoms. The second kappa shape index (κ2) is 61.9. The number of unbranched alkanes of at least 4 members (excludes halogenated alkanes) is 29. The minimum Gasteiger partial charge on any atom is -0.463 e. The Hall–Kier alpha value is -4.29. The maximum absolute atomic E-state index is 13.7. The van der Waals surface area contributed by atoms with Gasteiger partial charge in [0.05, 0.1) is 82.1 Å². The van der Waals surface area contributed by atoms with Gasteiger partial charge in [-0.3, -0.25) is 38.9 Å². The Labute approximate surface area is 684 Å². The zero-order chi connectivity index (χ0) is 82.3. The van der Waals surface area contributed by atoms with Crippen LogP contribution >= 0.6 is 0 Å². The van der Waals surface area contributed by atoms with E-state index in [1.165, 1.54) is 103 Å². The molecule has 4 N–H and O–H groups in total. The van der Waals surface area contributed by atoms with Gasteiger partial charge in [-0.05, 0) is 86.9 Å². The summed E-state index contributed by atoms with van der Waals surface area (Å²) in [4.78, 5) is 88.6. The quantitative estimate of drug-likeness (QED) is 0.0268. The normalized spacial score (nSPS) is 24.3. The van der Waals surface area contributed by atoms with E-state index < -0.39 is 18.1 Å². The lowest BCUT2D eigenvalue weighted by Crippen LogP contribution is -2.58. The first-order valence-corrected chi connectivity index (χ1v) is 45.4. The van der Waals surface area contributed by atoms with Crippen LogP contribution in [-0.4, -0.2) is 175 Å². The number of ketones is 3. The van der Waals surface area contributed by atoms with Crippen LogP contribution in [0.25, 0.3) is 0 Å². The summed E-state index contributed by atoms with van der Waals surface area (Å²) in [5, 5.41) is 12.7. The Balaban J connectivity index is 1.15. The first kappa shape index (κ1) is 101. The van der Waals surface area contributed by atoms with Crippen LogP contribution in [0.1, 0.15) is 344 Å². The van der Waals surface area contributed by atoms with Gasteiger partial charge in [0.15, 0.2) is 24.7 Å². The smallest absolute Gasteiger partial charge is 0.302 e. The third-order valence-electron chi connectivity index (χ3n) is 24.5. The Morgan fingerprint density at radius 3 is 1.12 bits per heavy atom. The number of esters is 1. The molecule has 3 aliphatic heterocycles. The minimum atomic E-state index is -1.03. The second-order valence-corrected chi connectivity index (χ2v) is 33.9. The van der Waals surface area contributed by atoms with Crippen molar-refractivity contribution in [3.05, 3.63) is 35.9 Å². The summed E-state index contributed by atoms with van der Waals surface area (Å²) in [6.45, 7) is 27.7. The van der Waals surface area contributed by atoms with E-state index in [1.54, 1.807) is 26.0 Å². The van der Waals surface area contributed by atoms with Crippen LogP contribution in [0.3, 0.4) is 0 Å². The molecule has 3 amide bonds. The zero-order valence-electron chi connectivity index (χ0n) is 73.0. The summed E-state index contributed by atoms with van der Waals surface area (Å²) >= 11 is 0. The zero-order valence-corrected chi connectivity index (χ0v) is 73.0. The summed E-state index contributed by atoms with van der Waals surface area (Å²) in [5.74, 6) is 1.90. The number of rotatable bonds is 69. The summed E-state index contributed by atoms with van der Waals surface area (Å²) < 4.78 is 61.7. The van der Waals surface area contributed by atoms with Crippen molar-refractivity contribution >= 4 is 41.0 Å². The van der Waals surface area contributed by atoms with E-state index in [1.807, 2.05) is 18.2 Å². The lowest BCUT2D eigenvalue weighted by atomic mass is 9.79. The SMILES string of the molecule is CCC1O[C@@H](OCCCCCCCCCCCCCC(=O)CCOCC(COCCC(=O)CCCCCCCCCCCCCO[C@@H]2OC(CC)[C@H](C)[C@H](C)C2NC(C)=O)(COCCC(=O)NCCCCCCCCCCCCO[C@@H]2OC(COC(C)=O)[C@H](C)[C@H](C)C2C)NCC(=O)c2ccccc2)C(NC(C)=O)[C@@H](C)[C@H]1C. The molecule has 652 valence electrons. The predicted octanol–water partition coefficient (Wildman–Crippen LogP) is 18.0. The van der Waals surface area contributed by atoms with E-state index in [0.717, 1.165) is 122 Å². The van der Waals surface area contributed by atoms with Crippen LogP contribution < -0.4 is 21.3 Å². The van der Waals surface area contributed by atoms with Gasteiger partial charge >= 0.3 is 5.97 Å². The molecule has 21 nitrogen and oxygen atoms in total. The van der Waals surface area contributed by atoms with Gasteiger partial charge in [-0.1, -0.05) is 260 Å². The van der Waals surface area contributed by atoms with Crippen LogP contribution in [0.5, 0.6) is 0 Å². The van der Waals surface area contributed by atoms with Crippen LogP contribution in [0.2, 0.25) is 0 Å². The average molecular weight is 1600 g/mol. The third kappa shape index (κ3) is 43.8. The number of benzene rings is 1. The highest BCUT2D eigenvalue weighted by Crippen LogP contribution is 2.37. The van der Waals surface area contributed by atoms with Gasteiger partial charge in [-0.15, -0.1) is 0 Å². The van der Waals surface area contributed by atoms with Gasteiger partial charge in [-0.25, -0.2) is 0 Å².